The number of carbonyl (C=O) groups excluding carboxylic acids is 1. The van der Waals surface area contributed by atoms with Gasteiger partial charge in [-0.15, -0.1) is 47.0 Å². The number of hydrogen-bond acceptors (Lipinski definition) is 1. The standard InChI is InChI=1S/C10H6ClO.Y/c11-10(12)9-5-7-3-1-2-4-8(7)6-9;/h1-4H,5H2;/q-1;. The molecule has 1 radical (unpaired) electrons. The van der Waals surface area contributed by atoms with Crippen molar-refractivity contribution in [1.29, 1.82) is 0 Å². The molecule has 0 aromatic heterocycles. The molecule has 0 fully saturated rings. The fourth-order valence-corrected chi connectivity index (χ4v) is 1.43. The fourth-order valence-electron chi connectivity index (χ4n) is 1.31. The van der Waals surface area contributed by atoms with Gasteiger partial charge in [0.1, 0.15) is 0 Å². The summed E-state index contributed by atoms with van der Waals surface area (Å²) in [4.78, 5) is 10.8. The maximum absolute atomic E-state index is 10.8. The molecule has 3 heteroatoms. The third-order valence-electron chi connectivity index (χ3n) is 1.91. The van der Waals surface area contributed by atoms with Crippen LogP contribution in [0.15, 0.2) is 29.8 Å². The van der Waals surface area contributed by atoms with Crippen molar-refractivity contribution in [3.8, 4) is 0 Å². The van der Waals surface area contributed by atoms with Gasteiger partial charge in [-0.3, -0.25) is 0 Å². The normalized spacial score (nSPS) is 12.8. The van der Waals surface area contributed by atoms with Crippen molar-refractivity contribution in [1.82, 2.24) is 0 Å². The van der Waals surface area contributed by atoms with Gasteiger partial charge in [0.15, 0.2) is 5.24 Å². The first kappa shape index (κ1) is 11.1. The van der Waals surface area contributed by atoms with E-state index >= 15 is 0 Å². The summed E-state index contributed by atoms with van der Waals surface area (Å²) < 4.78 is 0. The van der Waals surface area contributed by atoms with Crippen molar-refractivity contribution in [2.75, 3.05) is 0 Å². The number of rotatable bonds is 1. The van der Waals surface area contributed by atoms with Gasteiger partial charge in [-0.25, -0.2) is 0 Å². The average Bonchev–Trinajstić information content (AvgIpc) is 2.46. The molecule has 0 saturated heterocycles. The van der Waals surface area contributed by atoms with Crippen LogP contribution in [0.4, 0.5) is 0 Å². The number of halogens is 1. The van der Waals surface area contributed by atoms with E-state index in [9.17, 15) is 4.79 Å². The van der Waals surface area contributed by atoms with E-state index in [1.54, 1.807) is 0 Å². The molecule has 0 amide bonds. The third-order valence-corrected chi connectivity index (χ3v) is 2.14. The maximum atomic E-state index is 10.8. The van der Waals surface area contributed by atoms with Crippen LogP contribution in [0.1, 0.15) is 11.1 Å². The Morgan fingerprint density at radius 1 is 1.38 bits per heavy atom. The van der Waals surface area contributed by atoms with E-state index < -0.39 is 5.24 Å². The van der Waals surface area contributed by atoms with Gasteiger partial charge in [0, 0.05) is 32.7 Å². The molecule has 0 unspecified atom stereocenters. The smallest absolute Gasteiger partial charge is 0.170 e. The van der Waals surface area contributed by atoms with Crippen LogP contribution in [-0.2, 0) is 43.9 Å². The van der Waals surface area contributed by atoms with E-state index in [1.165, 1.54) is 0 Å². The summed E-state index contributed by atoms with van der Waals surface area (Å²) in [6.07, 6.45) is 3.59. The molecule has 0 aliphatic heterocycles. The van der Waals surface area contributed by atoms with Gasteiger partial charge in [-0.05, 0) is 6.42 Å². The largest absolute Gasteiger partial charge is 0.333 e. The number of fused-ring (bicyclic) bond motifs is 1. The van der Waals surface area contributed by atoms with Gasteiger partial charge in [-0.1, -0.05) is 11.6 Å². The molecule has 0 atom stereocenters. The van der Waals surface area contributed by atoms with Crippen LogP contribution in [0.5, 0.6) is 0 Å². The summed E-state index contributed by atoms with van der Waals surface area (Å²) in [5.74, 6) is 0. The summed E-state index contributed by atoms with van der Waals surface area (Å²) in [6, 6.07) is 7.78. The molecule has 1 aliphatic carbocycles. The van der Waals surface area contributed by atoms with Crippen molar-refractivity contribution in [2.24, 2.45) is 0 Å². The summed E-state index contributed by atoms with van der Waals surface area (Å²) in [5.41, 5.74) is 2.68. The van der Waals surface area contributed by atoms with Gasteiger partial charge in [-0.2, -0.15) is 0 Å². The van der Waals surface area contributed by atoms with Crippen LogP contribution in [-0.4, -0.2) is 5.24 Å². The van der Waals surface area contributed by atoms with Crippen molar-refractivity contribution in [3.05, 3.63) is 47.0 Å². The van der Waals surface area contributed by atoms with Crippen molar-refractivity contribution < 1.29 is 37.5 Å². The molecular weight excluding hydrogens is 260 g/mol. The zero-order valence-electron chi connectivity index (χ0n) is 6.88. The molecule has 2 rings (SSSR count). The zero-order chi connectivity index (χ0) is 8.55. The van der Waals surface area contributed by atoms with E-state index in [4.69, 9.17) is 11.6 Å². The molecule has 0 N–H and O–H groups in total. The summed E-state index contributed by atoms with van der Waals surface area (Å²) in [6.45, 7) is 0. The fraction of sp³-hybridized carbons (Fsp3) is 0.100. The molecule has 1 nitrogen and oxygen atoms in total. The summed E-state index contributed by atoms with van der Waals surface area (Å²) in [7, 11) is 0. The van der Waals surface area contributed by atoms with Gasteiger partial charge in [0.05, 0.1) is 0 Å². The first-order chi connectivity index (χ1) is 5.77. The Balaban J connectivity index is 0.000000845. The summed E-state index contributed by atoms with van der Waals surface area (Å²) in [5, 5.41) is -0.397. The number of benzene rings is 1. The van der Waals surface area contributed by atoms with Gasteiger partial charge in [0.2, 0.25) is 0 Å². The molecule has 0 heterocycles. The van der Waals surface area contributed by atoms with Crippen molar-refractivity contribution in [3.63, 3.8) is 0 Å². The Labute approximate surface area is 107 Å². The predicted molar refractivity (Wildman–Crippen MR) is 46.9 cm³/mol. The van der Waals surface area contributed by atoms with E-state index in [2.05, 4.69) is 6.08 Å². The minimum absolute atomic E-state index is 0. The molecule has 0 bridgehead atoms. The molecule has 1 aromatic carbocycles. The zero-order valence-corrected chi connectivity index (χ0v) is 10.5. The monoisotopic (exact) mass is 266 g/mol. The van der Waals surface area contributed by atoms with Crippen LogP contribution in [0.25, 0.3) is 0 Å². The second-order valence-corrected chi connectivity index (χ2v) is 3.05. The topological polar surface area (TPSA) is 17.1 Å². The van der Waals surface area contributed by atoms with Gasteiger partial charge < -0.3 is 4.79 Å². The number of hydrogen-bond donors (Lipinski definition) is 0. The minimum atomic E-state index is -0.397. The quantitative estimate of drug-likeness (QED) is 0.562. The van der Waals surface area contributed by atoms with Crippen LogP contribution in [0.3, 0.4) is 0 Å². The molecule has 63 valence electrons. The predicted octanol–water partition coefficient (Wildman–Crippen LogP) is 2.08. The molecule has 1 aliphatic rings. The van der Waals surface area contributed by atoms with Crippen LogP contribution >= 0.6 is 11.6 Å². The number of carbonyl (C=O) groups is 1. The van der Waals surface area contributed by atoms with Crippen molar-refractivity contribution >= 4 is 16.8 Å². The van der Waals surface area contributed by atoms with E-state index in [0.717, 1.165) is 11.1 Å². The Kier molecular flexibility index (Phi) is 3.84. The second kappa shape index (κ2) is 4.50. The van der Waals surface area contributed by atoms with Gasteiger partial charge in [0.25, 0.3) is 0 Å². The summed E-state index contributed by atoms with van der Waals surface area (Å²) >= 11 is 5.34. The Morgan fingerprint density at radius 2 is 2.08 bits per heavy atom. The molecule has 1 aromatic rings. The molecule has 13 heavy (non-hydrogen) atoms. The van der Waals surface area contributed by atoms with Crippen LogP contribution in [0.2, 0.25) is 0 Å². The number of allylic oxidation sites excluding steroid dienone is 1. The first-order valence-electron chi connectivity index (χ1n) is 3.68. The van der Waals surface area contributed by atoms with Crippen molar-refractivity contribution in [2.45, 2.75) is 6.42 Å². The minimum Gasteiger partial charge on any atom is -0.333 e. The molecular formula is C10H6ClOY-. The Bertz CT molecular complexity index is 371. The maximum Gasteiger partial charge on any atom is 0.170 e. The van der Waals surface area contributed by atoms with Crippen LogP contribution in [0, 0.1) is 6.08 Å². The van der Waals surface area contributed by atoms with Gasteiger partial charge >= 0.3 is 0 Å². The third kappa shape index (κ3) is 2.28. The second-order valence-electron chi connectivity index (χ2n) is 2.71. The van der Waals surface area contributed by atoms with E-state index in [0.29, 0.717) is 12.0 Å². The Morgan fingerprint density at radius 3 is 2.69 bits per heavy atom. The molecule has 0 spiro atoms. The Hall–Kier alpha value is 0.0239. The van der Waals surface area contributed by atoms with Crippen LogP contribution < -0.4 is 0 Å². The SMILES string of the molecule is O=C(Cl)C1=[C-]c2ccccc2C1.[Y]. The average molecular weight is 267 g/mol. The first-order valence-corrected chi connectivity index (χ1v) is 4.06. The molecule has 0 saturated carbocycles. The van der Waals surface area contributed by atoms with E-state index in [-0.39, 0.29) is 32.7 Å². The van der Waals surface area contributed by atoms with E-state index in [1.807, 2.05) is 24.3 Å².